The second-order valence-corrected chi connectivity index (χ2v) is 12.3. The van der Waals surface area contributed by atoms with Crippen LogP contribution >= 0.6 is 0 Å². The largest absolute Gasteiger partial charge is 0.328 e. The van der Waals surface area contributed by atoms with Crippen LogP contribution in [0.5, 0.6) is 0 Å². The molecule has 0 saturated carbocycles. The zero-order chi connectivity index (χ0) is 21.6. The normalized spacial score (nSPS) is 14.5. The van der Waals surface area contributed by atoms with Crippen molar-refractivity contribution in [1.29, 1.82) is 0 Å². The summed E-state index contributed by atoms with van der Waals surface area (Å²) >= 11 is 0. The van der Waals surface area contributed by atoms with Crippen molar-refractivity contribution < 1.29 is 34.9 Å². The van der Waals surface area contributed by atoms with E-state index in [4.69, 9.17) is 9.11 Å². The van der Waals surface area contributed by atoms with Crippen LogP contribution < -0.4 is 0 Å². The molecule has 10 heteroatoms. The zero-order valence-corrected chi connectivity index (χ0v) is 19.4. The van der Waals surface area contributed by atoms with Gasteiger partial charge in [-0.3, -0.25) is 9.11 Å². The summed E-state index contributed by atoms with van der Waals surface area (Å²) in [4.78, 5) is 0. The third-order valence-corrected chi connectivity index (χ3v) is 6.97. The van der Waals surface area contributed by atoms with Crippen molar-refractivity contribution in [3.63, 3.8) is 0 Å². The first-order valence-corrected chi connectivity index (χ1v) is 12.7. The van der Waals surface area contributed by atoms with E-state index in [9.17, 15) is 16.8 Å². The Morgan fingerprint density at radius 3 is 1.22 bits per heavy atom. The molecule has 0 aromatic heterocycles. The minimum Gasteiger partial charge on any atom is -0.328 e. The Labute approximate surface area is 166 Å². The van der Waals surface area contributed by atoms with Gasteiger partial charge in [-0.05, 0) is 12.8 Å². The first-order chi connectivity index (χ1) is 11.9. The van der Waals surface area contributed by atoms with Crippen LogP contribution in [0.1, 0.15) is 39.5 Å². The molecule has 0 bridgehead atoms. The second-order valence-electron chi connectivity index (χ2n) is 9.12. The van der Waals surface area contributed by atoms with Crippen LogP contribution in [0.3, 0.4) is 0 Å². The van der Waals surface area contributed by atoms with Gasteiger partial charge in [-0.15, -0.1) is 0 Å². The highest BCUT2D eigenvalue weighted by Crippen LogP contribution is 2.32. The molecular formula is C17H40N2O6S2+2. The molecule has 0 atom stereocenters. The number of nitrogens with zero attached hydrogens (tertiary/aromatic N) is 2. The van der Waals surface area contributed by atoms with E-state index < -0.39 is 20.2 Å². The number of quaternary nitrogens is 2. The summed E-state index contributed by atoms with van der Waals surface area (Å²) in [5.74, 6) is -0.450. The van der Waals surface area contributed by atoms with Gasteiger partial charge >= 0.3 is 0 Å². The molecule has 8 nitrogen and oxygen atoms in total. The van der Waals surface area contributed by atoms with Gasteiger partial charge in [-0.2, -0.15) is 16.8 Å². The van der Waals surface area contributed by atoms with E-state index >= 15 is 0 Å². The molecule has 0 saturated heterocycles. The first kappa shape index (κ1) is 26.7. The maximum absolute atomic E-state index is 11.0. The number of rotatable bonds is 14. The van der Waals surface area contributed by atoms with Gasteiger partial charge in [0.25, 0.3) is 20.2 Å². The van der Waals surface area contributed by atoms with Crippen molar-refractivity contribution in [2.45, 2.75) is 39.5 Å². The van der Waals surface area contributed by atoms with E-state index in [1.54, 1.807) is 0 Å². The van der Waals surface area contributed by atoms with Gasteiger partial charge in [0.2, 0.25) is 0 Å². The molecule has 0 spiro atoms. The molecule has 0 fully saturated rings. The Hall–Kier alpha value is -0.260. The van der Waals surface area contributed by atoms with Crippen LogP contribution in [0.2, 0.25) is 0 Å². The second kappa shape index (κ2) is 9.98. The quantitative estimate of drug-likeness (QED) is 0.318. The number of hydrogen-bond acceptors (Lipinski definition) is 4. The monoisotopic (exact) mass is 432 g/mol. The zero-order valence-electron chi connectivity index (χ0n) is 17.8. The maximum Gasteiger partial charge on any atom is 0.265 e. The van der Waals surface area contributed by atoms with E-state index in [1.165, 1.54) is 0 Å². The predicted molar refractivity (Wildman–Crippen MR) is 109 cm³/mol. The van der Waals surface area contributed by atoms with Crippen molar-refractivity contribution >= 4 is 20.2 Å². The van der Waals surface area contributed by atoms with Crippen LogP contribution in [0.4, 0.5) is 0 Å². The van der Waals surface area contributed by atoms with Crippen LogP contribution in [-0.4, -0.2) is 101 Å². The van der Waals surface area contributed by atoms with Crippen molar-refractivity contribution in [2.24, 2.45) is 5.41 Å². The molecule has 0 unspecified atom stereocenters. The third-order valence-electron chi connectivity index (χ3n) is 5.36. The Morgan fingerprint density at radius 1 is 0.704 bits per heavy atom. The summed E-state index contributed by atoms with van der Waals surface area (Å²) in [5.41, 5.74) is 0.0309. The molecule has 0 amide bonds. The minimum absolute atomic E-state index is 0.0309. The van der Waals surface area contributed by atoms with Crippen LogP contribution in [0.15, 0.2) is 0 Å². The molecule has 0 aliphatic rings. The molecule has 164 valence electrons. The van der Waals surface area contributed by atoms with Crippen LogP contribution in [-0.2, 0) is 20.2 Å². The van der Waals surface area contributed by atoms with Gasteiger partial charge in [0.05, 0.1) is 71.3 Å². The lowest BCUT2D eigenvalue weighted by atomic mass is 9.80. The topological polar surface area (TPSA) is 109 Å². The standard InChI is InChI=1S/C17H38N2O6S2/c1-7-17(8-2,15-18(3,4)11-9-13-26(20,21)22)16-19(5,6)12-10-14-27(23,24)25/h7-16H2,1-6H3/p+2. The van der Waals surface area contributed by atoms with Crippen molar-refractivity contribution in [1.82, 2.24) is 0 Å². The number of hydrogen-bond donors (Lipinski definition) is 2. The van der Waals surface area contributed by atoms with Gasteiger partial charge < -0.3 is 8.97 Å². The summed E-state index contributed by atoms with van der Waals surface area (Å²) in [5, 5.41) is 0. The van der Waals surface area contributed by atoms with Crippen LogP contribution in [0.25, 0.3) is 0 Å². The molecule has 0 aliphatic carbocycles. The molecule has 2 N–H and O–H groups in total. The van der Waals surface area contributed by atoms with E-state index in [2.05, 4.69) is 42.0 Å². The Kier molecular flexibility index (Phi) is 9.88. The predicted octanol–water partition coefficient (Wildman–Crippen LogP) is 1.50. The Bertz CT molecular complexity index is 599. The molecule has 0 aromatic carbocycles. The molecule has 0 radical (unpaired) electrons. The first-order valence-electron chi connectivity index (χ1n) is 9.49. The van der Waals surface area contributed by atoms with Crippen LogP contribution in [0, 0.1) is 5.41 Å². The highest BCUT2D eigenvalue weighted by atomic mass is 32.2. The lowest BCUT2D eigenvalue weighted by Crippen LogP contribution is -2.56. The highest BCUT2D eigenvalue weighted by molar-refractivity contribution is 7.86. The Balaban J connectivity index is 5.02. The van der Waals surface area contributed by atoms with E-state index in [0.717, 1.165) is 25.9 Å². The summed E-state index contributed by atoms with van der Waals surface area (Å²) in [7, 11) is 0.417. The smallest absolute Gasteiger partial charge is 0.265 e. The molecule has 0 heterocycles. The summed E-state index contributed by atoms with van der Waals surface area (Å²) in [6.07, 6.45) is 2.73. The average Bonchev–Trinajstić information content (AvgIpc) is 2.42. The fourth-order valence-electron chi connectivity index (χ4n) is 4.07. The van der Waals surface area contributed by atoms with E-state index in [1.807, 2.05) is 0 Å². The lowest BCUT2D eigenvalue weighted by molar-refractivity contribution is -0.921. The van der Waals surface area contributed by atoms with Crippen molar-refractivity contribution in [3.05, 3.63) is 0 Å². The SMILES string of the molecule is CCC(CC)(C[N+](C)(C)CCCS(=O)(=O)O)C[N+](C)(C)CCCS(=O)(=O)O. The fourth-order valence-corrected chi connectivity index (χ4v) is 5.06. The molecular weight excluding hydrogens is 392 g/mol. The summed E-state index contributed by atoms with van der Waals surface area (Å²) in [6, 6.07) is 0. The lowest BCUT2D eigenvalue weighted by Gasteiger charge is -2.44. The minimum atomic E-state index is -3.94. The summed E-state index contributed by atoms with van der Waals surface area (Å²) in [6.45, 7) is 7.34. The molecule has 27 heavy (non-hydrogen) atoms. The van der Waals surface area contributed by atoms with E-state index in [0.29, 0.717) is 34.9 Å². The van der Waals surface area contributed by atoms with Gasteiger partial charge in [0.15, 0.2) is 0 Å². The van der Waals surface area contributed by atoms with Gasteiger partial charge in [0, 0.05) is 12.8 Å². The van der Waals surface area contributed by atoms with Crippen molar-refractivity contribution in [2.75, 3.05) is 65.9 Å². The maximum atomic E-state index is 11.0. The summed E-state index contributed by atoms with van der Waals surface area (Å²) < 4.78 is 63.0. The highest BCUT2D eigenvalue weighted by Gasteiger charge is 2.40. The van der Waals surface area contributed by atoms with Gasteiger partial charge in [0.1, 0.15) is 0 Å². The molecule has 0 aromatic rings. The molecule has 0 aliphatic heterocycles. The van der Waals surface area contributed by atoms with Gasteiger partial charge in [-0.1, -0.05) is 13.8 Å². The Morgan fingerprint density at radius 2 is 1.00 bits per heavy atom. The van der Waals surface area contributed by atoms with Crippen molar-refractivity contribution in [3.8, 4) is 0 Å². The van der Waals surface area contributed by atoms with Gasteiger partial charge in [-0.25, -0.2) is 0 Å². The third kappa shape index (κ3) is 12.7. The average molecular weight is 433 g/mol. The van der Waals surface area contributed by atoms with E-state index in [-0.39, 0.29) is 16.9 Å². The fraction of sp³-hybridized carbons (Fsp3) is 1.00. The molecule has 0 rings (SSSR count).